The molecular formula is C19H20N2OS. The number of benzene rings is 2. The zero-order chi connectivity index (χ0) is 16.2. The van der Waals surface area contributed by atoms with Crippen LogP contribution in [0.1, 0.15) is 24.4 Å². The standard InChI is InChI=1S/C19H20N2OS/c1-3-21(4-2)15-11-9-14(17(22)13-15)10-12-19-20-16-7-5-6-8-18(16)23-19/h5-13,22H,3-4H2,1-2H3. The minimum absolute atomic E-state index is 0.298. The van der Waals surface area contributed by atoms with Gasteiger partial charge in [0.25, 0.3) is 0 Å². The van der Waals surface area contributed by atoms with Crippen LogP contribution in [0.15, 0.2) is 42.5 Å². The Hall–Kier alpha value is -2.33. The van der Waals surface area contributed by atoms with Gasteiger partial charge in [0.05, 0.1) is 10.2 Å². The third-order valence-corrected chi connectivity index (χ3v) is 4.86. The first-order valence-electron chi connectivity index (χ1n) is 7.83. The van der Waals surface area contributed by atoms with Gasteiger partial charge in [-0.1, -0.05) is 12.1 Å². The van der Waals surface area contributed by atoms with Crippen molar-refractivity contribution >= 4 is 39.4 Å². The molecule has 0 amide bonds. The summed E-state index contributed by atoms with van der Waals surface area (Å²) in [5, 5.41) is 11.2. The Balaban J connectivity index is 1.84. The minimum atomic E-state index is 0.298. The van der Waals surface area contributed by atoms with E-state index in [4.69, 9.17) is 0 Å². The molecule has 3 nitrogen and oxygen atoms in total. The van der Waals surface area contributed by atoms with E-state index in [0.29, 0.717) is 5.75 Å². The predicted octanol–water partition coefficient (Wildman–Crippen LogP) is 5.02. The fourth-order valence-corrected chi connectivity index (χ4v) is 3.45. The van der Waals surface area contributed by atoms with Crippen molar-refractivity contribution in [3.05, 3.63) is 53.0 Å². The van der Waals surface area contributed by atoms with Crippen molar-refractivity contribution in [1.82, 2.24) is 4.98 Å². The highest BCUT2D eigenvalue weighted by molar-refractivity contribution is 7.19. The van der Waals surface area contributed by atoms with Gasteiger partial charge in [-0.2, -0.15) is 0 Å². The summed E-state index contributed by atoms with van der Waals surface area (Å²) in [7, 11) is 0. The summed E-state index contributed by atoms with van der Waals surface area (Å²) in [4.78, 5) is 6.78. The first-order chi connectivity index (χ1) is 11.2. The number of rotatable bonds is 5. The van der Waals surface area contributed by atoms with Gasteiger partial charge in [0.2, 0.25) is 0 Å². The molecule has 0 unspecified atom stereocenters. The second-order valence-corrected chi connectivity index (χ2v) is 6.33. The van der Waals surface area contributed by atoms with Crippen LogP contribution in [0.25, 0.3) is 22.4 Å². The number of aromatic hydroxyl groups is 1. The molecule has 2 aromatic carbocycles. The smallest absolute Gasteiger partial charge is 0.124 e. The van der Waals surface area contributed by atoms with Crippen molar-refractivity contribution in [2.75, 3.05) is 18.0 Å². The van der Waals surface area contributed by atoms with Gasteiger partial charge in [-0.25, -0.2) is 4.98 Å². The molecule has 3 aromatic rings. The van der Waals surface area contributed by atoms with Gasteiger partial charge >= 0.3 is 0 Å². The Labute approximate surface area is 140 Å². The Morgan fingerprint density at radius 1 is 1.09 bits per heavy atom. The first-order valence-corrected chi connectivity index (χ1v) is 8.64. The molecule has 0 saturated heterocycles. The van der Waals surface area contributed by atoms with Crippen molar-refractivity contribution in [1.29, 1.82) is 0 Å². The van der Waals surface area contributed by atoms with Crippen LogP contribution < -0.4 is 4.90 Å². The second kappa shape index (κ2) is 6.84. The van der Waals surface area contributed by atoms with E-state index in [1.54, 1.807) is 11.3 Å². The molecule has 3 rings (SSSR count). The Bertz CT molecular complexity index is 801. The van der Waals surface area contributed by atoms with Crippen LogP contribution in [-0.4, -0.2) is 23.2 Å². The lowest BCUT2D eigenvalue weighted by atomic mass is 10.1. The quantitative estimate of drug-likeness (QED) is 0.716. The van der Waals surface area contributed by atoms with E-state index in [1.807, 2.05) is 48.6 Å². The van der Waals surface area contributed by atoms with Gasteiger partial charge in [-0.3, -0.25) is 0 Å². The number of thiazole rings is 1. The maximum absolute atomic E-state index is 10.3. The van der Waals surface area contributed by atoms with Crippen LogP contribution in [0.3, 0.4) is 0 Å². The lowest BCUT2D eigenvalue weighted by molar-refractivity contribution is 0.474. The molecule has 0 saturated carbocycles. The summed E-state index contributed by atoms with van der Waals surface area (Å²) in [5.41, 5.74) is 2.86. The van der Waals surface area contributed by atoms with Crippen molar-refractivity contribution in [2.45, 2.75) is 13.8 Å². The van der Waals surface area contributed by atoms with Crippen LogP contribution in [-0.2, 0) is 0 Å². The van der Waals surface area contributed by atoms with Crippen LogP contribution in [0, 0.1) is 0 Å². The number of anilines is 1. The molecule has 1 aromatic heterocycles. The Kier molecular flexibility index (Phi) is 4.63. The predicted molar refractivity (Wildman–Crippen MR) is 100 cm³/mol. The van der Waals surface area contributed by atoms with E-state index < -0.39 is 0 Å². The summed E-state index contributed by atoms with van der Waals surface area (Å²) in [5.74, 6) is 0.298. The summed E-state index contributed by atoms with van der Waals surface area (Å²) < 4.78 is 1.17. The number of aromatic nitrogens is 1. The lowest BCUT2D eigenvalue weighted by Crippen LogP contribution is -2.21. The van der Waals surface area contributed by atoms with Crippen LogP contribution >= 0.6 is 11.3 Å². The van der Waals surface area contributed by atoms with E-state index in [0.717, 1.165) is 34.9 Å². The van der Waals surface area contributed by atoms with Gasteiger partial charge in [0, 0.05) is 30.4 Å². The van der Waals surface area contributed by atoms with Gasteiger partial charge in [0.15, 0.2) is 0 Å². The molecule has 0 spiro atoms. The van der Waals surface area contributed by atoms with Crippen LogP contribution in [0.2, 0.25) is 0 Å². The molecule has 118 valence electrons. The summed E-state index contributed by atoms with van der Waals surface area (Å²) in [6.45, 7) is 6.08. The number of fused-ring (bicyclic) bond motifs is 1. The topological polar surface area (TPSA) is 36.4 Å². The summed E-state index contributed by atoms with van der Waals surface area (Å²) >= 11 is 1.65. The molecule has 23 heavy (non-hydrogen) atoms. The summed E-state index contributed by atoms with van der Waals surface area (Å²) in [6.07, 6.45) is 3.87. The number of hydrogen-bond acceptors (Lipinski definition) is 4. The molecule has 0 aliphatic heterocycles. The first kappa shape index (κ1) is 15.6. The number of phenolic OH excluding ortho intramolecular Hbond substituents is 1. The maximum Gasteiger partial charge on any atom is 0.124 e. The maximum atomic E-state index is 10.3. The fourth-order valence-electron chi connectivity index (χ4n) is 2.58. The zero-order valence-electron chi connectivity index (χ0n) is 13.4. The highest BCUT2D eigenvalue weighted by atomic mass is 32.1. The molecule has 0 atom stereocenters. The minimum Gasteiger partial charge on any atom is -0.507 e. The van der Waals surface area contributed by atoms with Gasteiger partial charge in [0.1, 0.15) is 10.8 Å². The molecule has 0 aliphatic carbocycles. The lowest BCUT2D eigenvalue weighted by Gasteiger charge is -2.21. The Morgan fingerprint density at radius 2 is 1.87 bits per heavy atom. The molecule has 0 radical (unpaired) electrons. The largest absolute Gasteiger partial charge is 0.507 e. The third-order valence-electron chi connectivity index (χ3n) is 3.86. The van der Waals surface area contributed by atoms with Crippen molar-refractivity contribution in [2.24, 2.45) is 0 Å². The fraction of sp³-hybridized carbons (Fsp3) is 0.211. The summed E-state index contributed by atoms with van der Waals surface area (Å²) in [6, 6.07) is 13.9. The molecule has 0 aliphatic rings. The number of hydrogen-bond donors (Lipinski definition) is 1. The highest BCUT2D eigenvalue weighted by Gasteiger charge is 2.05. The Morgan fingerprint density at radius 3 is 2.57 bits per heavy atom. The number of nitrogens with zero attached hydrogens (tertiary/aromatic N) is 2. The molecule has 0 bridgehead atoms. The average molecular weight is 324 g/mol. The van der Waals surface area contributed by atoms with Crippen LogP contribution in [0.4, 0.5) is 5.69 Å². The van der Waals surface area contributed by atoms with Crippen molar-refractivity contribution in [3.63, 3.8) is 0 Å². The molecule has 1 heterocycles. The average Bonchev–Trinajstić information content (AvgIpc) is 2.98. The van der Waals surface area contributed by atoms with Crippen molar-refractivity contribution in [3.8, 4) is 5.75 Å². The van der Waals surface area contributed by atoms with E-state index >= 15 is 0 Å². The number of phenols is 1. The normalized spacial score (nSPS) is 11.4. The van der Waals surface area contributed by atoms with Gasteiger partial charge < -0.3 is 10.0 Å². The SMILES string of the molecule is CCN(CC)c1ccc(C=Cc2nc3ccccc3s2)c(O)c1. The number of para-hydroxylation sites is 1. The molecular weight excluding hydrogens is 304 g/mol. The van der Waals surface area contributed by atoms with E-state index in [2.05, 4.69) is 29.8 Å². The monoisotopic (exact) mass is 324 g/mol. The molecule has 0 fully saturated rings. The molecule has 1 N–H and O–H groups in total. The van der Waals surface area contributed by atoms with Crippen LogP contribution in [0.5, 0.6) is 5.75 Å². The van der Waals surface area contributed by atoms with E-state index in [9.17, 15) is 5.11 Å². The van der Waals surface area contributed by atoms with E-state index in [1.165, 1.54) is 4.70 Å². The highest BCUT2D eigenvalue weighted by Crippen LogP contribution is 2.28. The zero-order valence-corrected chi connectivity index (χ0v) is 14.2. The van der Waals surface area contributed by atoms with E-state index in [-0.39, 0.29) is 0 Å². The van der Waals surface area contributed by atoms with Crippen molar-refractivity contribution < 1.29 is 5.11 Å². The third kappa shape index (κ3) is 3.37. The van der Waals surface area contributed by atoms with Gasteiger partial charge in [-0.05, 0) is 50.3 Å². The molecule has 4 heteroatoms. The second-order valence-electron chi connectivity index (χ2n) is 5.27. The van der Waals surface area contributed by atoms with Gasteiger partial charge in [-0.15, -0.1) is 11.3 Å².